The van der Waals surface area contributed by atoms with E-state index >= 15 is 0 Å². The van der Waals surface area contributed by atoms with Gasteiger partial charge < -0.3 is 28.3 Å². The van der Waals surface area contributed by atoms with Crippen LogP contribution in [0.1, 0.15) is 22.3 Å². The Morgan fingerprint density at radius 1 is 1.12 bits per heavy atom. The molecule has 0 aliphatic carbocycles. The monoisotopic (exact) mass is 368 g/mol. The van der Waals surface area contributed by atoms with Gasteiger partial charge in [-0.15, -0.1) is 5.46 Å². The second-order valence-corrected chi connectivity index (χ2v) is 6.00. The van der Waals surface area contributed by atoms with Crippen LogP contribution in [0.4, 0.5) is 18.6 Å². The number of aliphatic carboxylic acids is 1. The summed E-state index contributed by atoms with van der Waals surface area (Å²) in [5.41, 5.74) is 1.10. The van der Waals surface area contributed by atoms with Crippen LogP contribution < -0.4 is 67.1 Å². The van der Waals surface area contributed by atoms with Gasteiger partial charge in [-0.2, -0.15) is 0 Å². The predicted molar refractivity (Wildman–Crippen MR) is 85.8 cm³/mol. The SMILES string of the molecule is Cc1c(CC(=O)O)c(C)c([B-](F)(F)F)c(C)c1N1CCNCC1.[K+]. The van der Waals surface area contributed by atoms with Crippen molar-refractivity contribution in [2.45, 2.75) is 27.2 Å². The zero-order valence-electron chi connectivity index (χ0n) is 14.5. The van der Waals surface area contributed by atoms with Gasteiger partial charge in [-0.1, -0.05) is 11.1 Å². The van der Waals surface area contributed by atoms with Crippen molar-refractivity contribution in [2.75, 3.05) is 31.1 Å². The zero-order chi connectivity index (χ0) is 17.4. The molecule has 1 heterocycles. The van der Waals surface area contributed by atoms with E-state index in [-0.39, 0.29) is 68.1 Å². The summed E-state index contributed by atoms with van der Waals surface area (Å²) >= 11 is 0. The molecule has 0 bridgehead atoms. The van der Waals surface area contributed by atoms with Gasteiger partial charge in [-0.25, -0.2) is 0 Å². The molecule has 2 rings (SSSR count). The van der Waals surface area contributed by atoms with E-state index < -0.39 is 24.8 Å². The molecule has 1 aromatic carbocycles. The quantitative estimate of drug-likeness (QED) is 0.650. The third-order valence-electron chi connectivity index (χ3n) is 4.51. The first-order chi connectivity index (χ1) is 10.6. The smallest absolute Gasteiger partial charge is 0.481 e. The van der Waals surface area contributed by atoms with E-state index in [0.29, 0.717) is 37.4 Å². The van der Waals surface area contributed by atoms with Crippen LogP contribution >= 0.6 is 0 Å². The van der Waals surface area contributed by atoms with Gasteiger partial charge in [0.25, 0.3) is 0 Å². The standard InChI is InChI=1S/C15H21BF3N2O2.K/c1-9-12(8-13(22)23)10(2)15(21-6-4-20-5-7-21)11(3)14(9)16(17,18)19;/h20H,4-8H2,1-3H3,(H,22,23);/q-1;+1. The Morgan fingerprint density at radius 2 is 1.67 bits per heavy atom. The Morgan fingerprint density at radius 3 is 2.12 bits per heavy atom. The number of carbonyl (C=O) groups is 1. The summed E-state index contributed by atoms with van der Waals surface area (Å²) in [4.78, 5) is 13.0. The molecule has 1 aromatic rings. The molecule has 0 saturated carbocycles. The van der Waals surface area contributed by atoms with Crippen molar-refractivity contribution >= 4 is 24.1 Å². The fourth-order valence-electron chi connectivity index (χ4n) is 3.55. The van der Waals surface area contributed by atoms with E-state index in [9.17, 15) is 17.7 Å². The molecule has 0 atom stereocenters. The molecule has 0 amide bonds. The van der Waals surface area contributed by atoms with Gasteiger partial charge >= 0.3 is 64.3 Å². The number of halogens is 3. The Balaban J connectivity index is 0.00000288. The van der Waals surface area contributed by atoms with Crippen molar-refractivity contribution < 1.29 is 74.2 Å². The maximum absolute atomic E-state index is 13.6. The molecule has 128 valence electrons. The molecule has 0 spiro atoms. The molecule has 0 radical (unpaired) electrons. The number of nitrogens with zero attached hydrogens (tertiary/aromatic N) is 1. The Kier molecular flexibility index (Phi) is 7.83. The van der Waals surface area contributed by atoms with Crippen molar-refractivity contribution in [1.29, 1.82) is 0 Å². The number of benzene rings is 1. The molecular weight excluding hydrogens is 347 g/mol. The number of hydrogen-bond acceptors (Lipinski definition) is 3. The summed E-state index contributed by atoms with van der Waals surface area (Å²) in [5.74, 6) is -1.12. The van der Waals surface area contributed by atoms with Crippen LogP contribution in [0.15, 0.2) is 0 Å². The molecule has 0 unspecified atom stereocenters. The largest absolute Gasteiger partial charge is 1.00 e. The van der Waals surface area contributed by atoms with E-state index in [0.717, 1.165) is 0 Å². The Hall–Kier alpha value is -0.0587. The fourth-order valence-corrected chi connectivity index (χ4v) is 3.55. The number of rotatable bonds is 4. The Bertz CT molecular complexity index is 632. The molecule has 1 fully saturated rings. The van der Waals surface area contributed by atoms with Gasteiger partial charge in [0.1, 0.15) is 0 Å². The number of carboxylic acids is 1. The minimum absolute atomic E-state index is 0. The Labute approximate surface area is 182 Å². The van der Waals surface area contributed by atoms with Gasteiger partial charge in [-0.05, 0) is 31.9 Å². The van der Waals surface area contributed by atoms with Gasteiger partial charge in [0.2, 0.25) is 0 Å². The van der Waals surface area contributed by atoms with Gasteiger partial charge in [-0.3, -0.25) is 4.79 Å². The van der Waals surface area contributed by atoms with E-state index in [1.165, 1.54) is 13.8 Å². The summed E-state index contributed by atoms with van der Waals surface area (Å²) in [6.45, 7) is 2.02. The van der Waals surface area contributed by atoms with Crippen LogP contribution in [0.2, 0.25) is 0 Å². The summed E-state index contributed by atoms with van der Waals surface area (Å²) in [5, 5.41) is 12.3. The molecule has 0 aromatic heterocycles. The average molecular weight is 368 g/mol. The predicted octanol–water partition coefficient (Wildman–Crippen LogP) is -1.29. The summed E-state index contributed by atoms with van der Waals surface area (Å²) < 4.78 is 40.8. The number of hydrogen-bond donors (Lipinski definition) is 2. The normalized spacial score (nSPS) is 15.2. The maximum Gasteiger partial charge on any atom is 1.00 e. The fraction of sp³-hybridized carbons (Fsp3) is 0.533. The molecule has 1 aliphatic heterocycles. The molecule has 24 heavy (non-hydrogen) atoms. The van der Waals surface area contributed by atoms with E-state index in [4.69, 9.17) is 5.11 Å². The van der Waals surface area contributed by atoms with Crippen LogP contribution in [0.25, 0.3) is 0 Å². The molecular formula is C15H21BF3KN2O2. The first kappa shape index (κ1) is 22.0. The number of anilines is 1. The van der Waals surface area contributed by atoms with Crippen molar-refractivity contribution in [3.05, 3.63) is 22.3 Å². The summed E-state index contributed by atoms with van der Waals surface area (Å²) in [6, 6.07) is 0. The van der Waals surface area contributed by atoms with Crippen LogP contribution in [0, 0.1) is 20.8 Å². The first-order valence-corrected chi connectivity index (χ1v) is 7.64. The molecule has 1 aliphatic rings. The van der Waals surface area contributed by atoms with Crippen molar-refractivity contribution in [2.24, 2.45) is 0 Å². The molecule has 9 heteroatoms. The van der Waals surface area contributed by atoms with Gasteiger partial charge in [0.05, 0.1) is 6.42 Å². The van der Waals surface area contributed by atoms with Crippen LogP contribution in [0.5, 0.6) is 0 Å². The summed E-state index contributed by atoms with van der Waals surface area (Å²) in [7, 11) is 0. The van der Waals surface area contributed by atoms with E-state index in [1.54, 1.807) is 6.92 Å². The molecule has 4 nitrogen and oxygen atoms in total. The van der Waals surface area contributed by atoms with Crippen LogP contribution in [-0.4, -0.2) is 44.2 Å². The second-order valence-electron chi connectivity index (χ2n) is 6.00. The van der Waals surface area contributed by atoms with Crippen molar-refractivity contribution in [3.63, 3.8) is 0 Å². The topological polar surface area (TPSA) is 52.6 Å². The molecule has 2 N–H and O–H groups in total. The second kappa shape index (κ2) is 8.55. The van der Waals surface area contributed by atoms with Crippen molar-refractivity contribution in [3.8, 4) is 0 Å². The number of piperazine rings is 1. The first-order valence-electron chi connectivity index (χ1n) is 7.64. The maximum atomic E-state index is 13.6. The van der Waals surface area contributed by atoms with E-state index in [2.05, 4.69) is 5.32 Å². The van der Waals surface area contributed by atoms with E-state index in [1.807, 2.05) is 4.90 Å². The van der Waals surface area contributed by atoms with Crippen LogP contribution in [-0.2, 0) is 11.2 Å². The summed E-state index contributed by atoms with van der Waals surface area (Å²) in [6.07, 6.45) is -0.393. The van der Waals surface area contributed by atoms with Crippen molar-refractivity contribution in [1.82, 2.24) is 5.32 Å². The third kappa shape index (κ3) is 4.56. The van der Waals surface area contributed by atoms with Gasteiger partial charge in [0, 0.05) is 31.9 Å². The third-order valence-corrected chi connectivity index (χ3v) is 4.51. The number of carboxylic acid groups (broad SMARTS) is 1. The van der Waals surface area contributed by atoms with Crippen LogP contribution in [0.3, 0.4) is 0 Å². The minimum Gasteiger partial charge on any atom is -0.481 e. The molecule has 1 saturated heterocycles. The minimum atomic E-state index is -5.20. The zero-order valence-corrected chi connectivity index (χ0v) is 17.7. The average Bonchev–Trinajstić information content (AvgIpc) is 2.43. The van der Waals surface area contributed by atoms with Gasteiger partial charge in [0.15, 0.2) is 0 Å². The number of nitrogens with one attached hydrogen (secondary N) is 1.